The molecule has 9 heteroatoms. The van der Waals surface area contributed by atoms with E-state index in [0.717, 1.165) is 22.2 Å². The molecule has 184 valence electrons. The highest BCUT2D eigenvalue weighted by atomic mass is 35.5. The van der Waals surface area contributed by atoms with E-state index in [1.807, 2.05) is 43.0 Å². The molecule has 2 atom stereocenters. The fourth-order valence-electron chi connectivity index (χ4n) is 5.53. The molecule has 3 aromatic rings. The van der Waals surface area contributed by atoms with Crippen LogP contribution < -0.4 is 0 Å². The number of fused-ring (bicyclic) bond motifs is 4. The second-order valence-electron chi connectivity index (χ2n) is 9.42. The number of aliphatic hydroxyl groups is 1. The van der Waals surface area contributed by atoms with Crippen molar-refractivity contribution in [2.24, 2.45) is 0 Å². The maximum atomic E-state index is 13.8. The number of amides is 3. The average molecular weight is 497 g/mol. The van der Waals surface area contributed by atoms with E-state index >= 15 is 0 Å². The predicted octanol–water partition coefficient (Wildman–Crippen LogP) is 3.51. The van der Waals surface area contributed by atoms with E-state index in [0.29, 0.717) is 36.6 Å². The lowest BCUT2D eigenvalue weighted by atomic mass is 9.81. The van der Waals surface area contributed by atoms with E-state index in [-0.39, 0.29) is 30.8 Å². The van der Waals surface area contributed by atoms with E-state index in [4.69, 9.17) is 11.6 Å². The number of aromatic nitrogens is 1. The molecule has 1 saturated heterocycles. The number of urea groups is 1. The Bertz CT molecular complexity index is 1310. The van der Waals surface area contributed by atoms with Gasteiger partial charge >= 0.3 is 6.03 Å². The van der Waals surface area contributed by atoms with Crippen molar-refractivity contribution in [3.8, 4) is 5.75 Å². The van der Waals surface area contributed by atoms with Gasteiger partial charge in [-0.25, -0.2) is 4.79 Å². The molecule has 0 spiro atoms. The van der Waals surface area contributed by atoms with Gasteiger partial charge in [-0.15, -0.1) is 0 Å². The monoisotopic (exact) mass is 496 g/mol. The van der Waals surface area contributed by atoms with Gasteiger partial charge < -0.3 is 15.2 Å². The lowest BCUT2D eigenvalue weighted by Crippen LogP contribution is -2.53. The lowest BCUT2D eigenvalue weighted by molar-refractivity contribution is -0.133. The Labute approximate surface area is 208 Å². The van der Waals surface area contributed by atoms with Gasteiger partial charge in [0.15, 0.2) is 0 Å². The lowest BCUT2D eigenvalue weighted by Gasteiger charge is -2.42. The van der Waals surface area contributed by atoms with Crippen molar-refractivity contribution in [2.45, 2.75) is 31.8 Å². The van der Waals surface area contributed by atoms with E-state index in [9.17, 15) is 19.8 Å². The summed E-state index contributed by atoms with van der Waals surface area (Å²) in [7, 11) is 0. The number of nitrogens with one attached hydrogen (secondary N) is 1. The van der Waals surface area contributed by atoms with Crippen LogP contribution in [0.25, 0.3) is 10.9 Å². The minimum Gasteiger partial charge on any atom is -0.508 e. The highest BCUT2D eigenvalue weighted by Gasteiger charge is 2.60. The molecule has 2 aromatic carbocycles. The van der Waals surface area contributed by atoms with Crippen LogP contribution in [-0.4, -0.2) is 80.2 Å². The molecule has 2 aliphatic heterocycles. The number of likely N-dealkylation sites (N-methyl/N-ethyl adjacent to an activating group) is 1. The summed E-state index contributed by atoms with van der Waals surface area (Å²) >= 11 is 6.31. The number of hydrogen-bond donors (Lipinski definition) is 3. The number of benzene rings is 2. The molecule has 0 aliphatic carbocycles. The van der Waals surface area contributed by atoms with Crippen LogP contribution in [0.4, 0.5) is 4.79 Å². The zero-order valence-electron chi connectivity index (χ0n) is 19.8. The summed E-state index contributed by atoms with van der Waals surface area (Å²) in [4.78, 5) is 36.1. The summed E-state index contributed by atoms with van der Waals surface area (Å²) in [5, 5.41) is 21.1. The number of hydrogen-bond acceptors (Lipinski definition) is 5. The molecule has 0 saturated carbocycles. The molecule has 3 heterocycles. The highest BCUT2D eigenvalue weighted by Crippen LogP contribution is 2.49. The number of carbonyl (C=O) groups is 2. The van der Waals surface area contributed by atoms with Crippen LogP contribution >= 0.6 is 11.6 Å². The Morgan fingerprint density at radius 1 is 1.20 bits per heavy atom. The summed E-state index contributed by atoms with van der Waals surface area (Å²) in [6, 6.07) is 11.5. The maximum Gasteiger partial charge on any atom is 0.328 e. The third kappa shape index (κ3) is 3.76. The maximum absolute atomic E-state index is 13.8. The summed E-state index contributed by atoms with van der Waals surface area (Å²) < 4.78 is 0. The molecule has 5 rings (SSSR count). The number of aromatic amines is 1. The van der Waals surface area contributed by atoms with Crippen molar-refractivity contribution in [3.05, 3.63) is 64.3 Å². The number of H-pyrrole nitrogens is 1. The van der Waals surface area contributed by atoms with Gasteiger partial charge in [0, 0.05) is 47.7 Å². The molecule has 2 aliphatic rings. The molecule has 1 aromatic heterocycles. The molecule has 0 unspecified atom stereocenters. The van der Waals surface area contributed by atoms with Gasteiger partial charge in [0.05, 0.1) is 6.61 Å². The standard InChI is InChI=1S/C26H29ClN4O4/c1-3-29(11-12-32)9-10-30-24(34)26(2)15-20-19-14-17(27)7-8-21(19)28-22(20)23(31(26)25(30)35)16-5-4-6-18(33)13-16/h4-8,13-14,23,28,32-33H,3,9-12,15H2,1-2H3/t23-,26+/m1/s1. The summed E-state index contributed by atoms with van der Waals surface area (Å²) in [5.41, 5.74) is 2.28. The van der Waals surface area contributed by atoms with Crippen LogP contribution in [0.2, 0.25) is 5.02 Å². The molecule has 3 N–H and O–H groups in total. The van der Waals surface area contributed by atoms with Crippen molar-refractivity contribution in [2.75, 3.05) is 32.8 Å². The molecule has 1 fully saturated rings. The molecule has 35 heavy (non-hydrogen) atoms. The van der Waals surface area contributed by atoms with E-state index in [1.54, 1.807) is 23.1 Å². The quantitative estimate of drug-likeness (QED) is 0.435. The SMILES string of the molecule is CCN(CCO)CCN1C(=O)N2[C@H](c3cccc(O)c3)c3[nH]c4ccc(Cl)cc4c3C[C@@]2(C)C1=O. The van der Waals surface area contributed by atoms with Crippen LogP contribution in [0.1, 0.15) is 36.7 Å². The van der Waals surface area contributed by atoms with Crippen LogP contribution in [-0.2, 0) is 11.2 Å². The fourth-order valence-corrected chi connectivity index (χ4v) is 5.71. The number of aliphatic hydroxyl groups excluding tert-OH is 1. The molecule has 0 radical (unpaired) electrons. The Kier molecular flexibility index (Phi) is 5.99. The Morgan fingerprint density at radius 3 is 2.71 bits per heavy atom. The Morgan fingerprint density at radius 2 is 2.00 bits per heavy atom. The van der Waals surface area contributed by atoms with Gasteiger partial charge in [-0.3, -0.25) is 19.5 Å². The number of aromatic hydroxyl groups is 1. The third-order valence-corrected chi connectivity index (χ3v) is 7.55. The molecule has 3 amide bonds. The van der Waals surface area contributed by atoms with Crippen LogP contribution in [0, 0.1) is 0 Å². The zero-order valence-corrected chi connectivity index (χ0v) is 20.5. The van der Waals surface area contributed by atoms with Crippen LogP contribution in [0.3, 0.4) is 0 Å². The molecule has 0 bridgehead atoms. The van der Waals surface area contributed by atoms with Crippen molar-refractivity contribution in [1.29, 1.82) is 0 Å². The average Bonchev–Trinajstić information content (AvgIpc) is 3.27. The molecule has 8 nitrogen and oxygen atoms in total. The van der Waals surface area contributed by atoms with Gasteiger partial charge in [-0.2, -0.15) is 0 Å². The number of rotatable bonds is 7. The van der Waals surface area contributed by atoms with E-state index in [1.165, 1.54) is 4.90 Å². The number of imide groups is 1. The number of nitrogens with zero attached hydrogens (tertiary/aromatic N) is 3. The van der Waals surface area contributed by atoms with Gasteiger partial charge in [-0.05, 0) is 54.9 Å². The summed E-state index contributed by atoms with van der Waals surface area (Å²) in [6.07, 6.45) is 0.354. The minimum absolute atomic E-state index is 0.0173. The number of phenols is 1. The first-order valence-corrected chi connectivity index (χ1v) is 12.2. The first kappa shape index (κ1) is 23.7. The highest BCUT2D eigenvalue weighted by molar-refractivity contribution is 6.31. The van der Waals surface area contributed by atoms with E-state index in [2.05, 4.69) is 4.98 Å². The summed E-state index contributed by atoms with van der Waals surface area (Å²) in [5.74, 6) is -0.150. The topological polar surface area (TPSA) is 100 Å². The largest absolute Gasteiger partial charge is 0.508 e. The van der Waals surface area contributed by atoms with Gasteiger partial charge in [-0.1, -0.05) is 30.7 Å². The zero-order chi connectivity index (χ0) is 24.9. The Balaban J connectivity index is 1.62. The van der Waals surface area contributed by atoms with Crippen molar-refractivity contribution >= 4 is 34.4 Å². The normalized spacial score (nSPS) is 21.8. The van der Waals surface area contributed by atoms with Gasteiger partial charge in [0.25, 0.3) is 5.91 Å². The second kappa shape index (κ2) is 8.86. The van der Waals surface area contributed by atoms with Crippen LogP contribution in [0.5, 0.6) is 5.75 Å². The van der Waals surface area contributed by atoms with Crippen molar-refractivity contribution in [3.63, 3.8) is 0 Å². The van der Waals surface area contributed by atoms with Gasteiger partial charge in [0.2, 0.25) is 0 Å². The van der Waals surface area contributed by atoms with Crippen molar-refractivity contribution in [1.82, 2.24) is 19.7 Å². The number of halogens is 1. The minimum atomic E-state index is -1.09. The fraction of sp³-hybridized carbons (Fsp3) is 0.385. The Hall–Kier alpha value is -3.07. The first-order valence-electron chi connectivity index (χ1n) is 11.9. The van der Waals surface area contributed by atoms with E-state index < -0.39 is 11.6 Å². The molecular weight excluding hydrogens is 468 g/mol. The summed E-state index contributed by atoms with van der Waals surface area (Å²) in [6.45, 7) is 5.74. The van der Waals surface area contributed by atoms with Gasteiger partial charge in [0.1, 0.15) is 17.3 Å². The predicted molar refractivity (Wildman–Crippen MR) is 134 cm³/mol. The third-order valence-electron chi connectivity index (χ3n) is 7.32. The van der Waals surface area contributed by atoms with Crippen LogP contribution in [0.15, 0.2) is 42.5 Å². The smallest absolute Gasteiger partial charge is 0.328 e. The molecular formula is C26H29ClN4O4. The number of carbonyl (C=O) groups excluding carboxylic acids is 2. The van der Waals surface area contributed by atoms with Crippen molar-refractivity contribution < 1.29 is 19.8 Å². The second-order valence-corrected chi connectivity index (χ2v) is 9.86. The number of phenolic OH excluding ortho intramolecular Hbond substituents is 1. The first-order chi connectivity index (χ1) is 16.8.